The third-order valence-electron chi connectivity index (χ3n) is 4.09. The zero-order chi connectivity index (χ0) is 18.1. The zero-order valence-corrected chi connectivity index (χ0v) is 14.0. The number of primary amides is 1. The second-order valence-electron chi connectivity index (χ2n) is 5.85. The van der Waals surface area contributed by atoms with Crippen LogP contribution in [-0.2, 0) is 0 Å². The van der Waals surface area contributed by atoms with E-state index in [1.807, 2.05) is 31.2 Å². The van der Waals surface area contributed by atoms with E-state index in [-0.39, 0.29) is 0 Å². The molecule has 0 aliphatic heterocycles. The van der Waals surface area contributed by atoms with E-state index in [1.54, 1.807) is 30.8 Å². The van der Waals surface area contributed by atoms with Crippen LogP contribution in [0.3, 0.4) is 0 Å². The van der Waals surface area contributed by atoms with Crippen LogP contribution in [0, 0.1) is 6.92 Å². The average molecular weight is 345 g/mol. The molecule has 26 heavy (non-hydrogen) atoms. The van der Waals surface area contributed by atoms with E-state index in [9.17, 15) is 4.79 Å². The van der Waals surface area contributed by atoms with Crippen LogP contribution in [0.5, 0.6) is 11.6 Å². The van der Waals surface area contributed by atoms with Gasteiger partial charge in [-0.05, 0) is 48.4 Å². The maximum absolute atomic E-state index is 11.4. The highest BCUT2D eigenvalue weighted by atomic mass is 16.5. The van der Waals surface area contributed by atoms with Crippen LogP contribution in [0.25, 0.3) is 22.1 Å². The van der Waals surface area contributed by atoms with Crippen molar-refractivity contribution >= 4 is 16.9 Å². The Morgan fingerprint density at radius 2 is 2.04 bits per heavy atom. The van der Waals surface area contributed by atoms with Gasteiger partial charge in [-0.2, -0.15) is 0 Å². The van der Waals surface area contributed by atoms with Gasteiger partial charge >= 0.3 is 0 Å². The summed E-state index contributed by atoms with van der Waals surface area (Å²) in [7, 11) is 0. The molecule has 128 valence electrons. The molecule has 1 amide bonds. The van der Waals surface area contributed by atoms with E-state index >= 15 is 0 Å². The second-order valence-corrected chi connectivity index (χ2v) is 5.85. The van der Waals surface area contributed by atoms with Crippen molar-refractivity contribution in [3.63, 3.8) is 0 Å². The number of aromatic nitrogens is 2. The number of furan rings is 1. The van der Waals surface area contributed by atoms with Gasteiger partial charge in [0, 0.05) is 24.2 Å². The highest BCUT2D eigenvalue weighted by molar-refractivity contribution is 5.93. The predicted octanol–water partition coefficient (Wildman–Crippen LogP) is 4.09. The minimum absolute atomic E-state index is 0.373. The summed E-state index contributed by atoms with van der Waals surface area (Å²) < 4.78 is 11.3. The van der Waals surface area contributed by atoms with Gasteiger partial charge in [-0.3, -0.25) is 9.78 Å². The normalized spacial score (nSPS) is 10.8. The molecule has 0 saturated carbocycles. The van der Waals surface area contributed by atoms with Gasteiger partial charge in [-0.25, -0.2) is 4.98 Å². The molecule has 0 atom stereocenters. The lowest BCUT2D eigenvalue weighted by atomic mass is 10.0. The van der Waals surface area contributed by atoms with Gasteiger partial charge in [0.05, 0.1) is 17.2 Å². The molecule has 4 aromatic rings. The lowest BCUT2D eigenvalue weighted by Gasteiger charge is -2.10. The number of aryl methyl sites for hydroxylation is 1. The second kappa shape index (κ2) is 6.33. The molecule has 0 aliphatic carbocycles. The third kappa shape index (κ3) is 2.88. The minimum Gasteiger partial charge on any atom is -0.464 e. The first-order chi connectivity index (χ1) is 12.6. The Kier molecular flexibility index (Phi) is 3.85. The maximum Gasteiger partial charge on any atom is 0.250 e. The van der Waals surface area contributed by atoms with E-state index < -0.39 is 5.91 Å². The molecule has 0 saturated heterocycles. The molecule has 0 spiro atoms. The van der Waals surface area contributed by atoms with Crippen molar-refractivity contribution in [3.05, 3.63) is 72.4 Å². The van der Waals surface area contributed by atoms with Crippen LogP contribution >= 0.6 is 0 Å². The number of carbonyl (C=O) groups is 1. The fraction of sp³-hybridized carbons (Fsp3) is 0.0500. The molecule has 3 heterocycles. The van der Waals surface area contributed by atoms with Gasteiger partial charge in [0.2, 0.25) is 11.8 Å². The number of hydrogen-bond acceptors (Lipinski definition) is 5. The highest BCUT2D eigenvalue weighted by Crippen LogP contribution is 2.31. The Labute approximate surface area is 149 Å². The summed E-state index contributed by atoms with van der Waals surface area (Å²) >= 11 is 0. The minimum atomic E-state index is -0.503. The number of amides is 1. The lowest BCUT2D eigenvalue weighted by Crippen LogP contribution is -2.11. The molecule has 0 unspecified atom stereocenters. The molecule has 0 fully saturated rings. The fourth-order valence-corrected chi connectivity index (χ4v) is 2.81. The quantitative estimate of drug-likeness (QED) is 0.601. The van der Waals surface area contributed by atoms with Crippen LogP contribution in [-0.4, -0.2) is 15.9 Å². The molecule has 6 nitrogen and oxygen atoms in total. The summed E-state index contributed by atoms with van der Waals surface area (Å²) in [6.45, 7) is 1.96. The smallest absolute Gasteiger partial charge is 0.250 e. The number of ether oxygens (including phenoxy) is 1. The van der Waals surface area contributed by atoms with E-state index in [1.165, 1.54) is 6.20 Å². The first-order valence-electron chi connectivity index (χ1n) is 7.98. The van der Waals surface area contributed by atoms with E-state index in [0.29, 0.717) is 17.2 Å². The molecular formula is C20H15N3O3. The van der Waals surface area contributed by atoms with Crippen molar-refractivity contribution in [2.45, 2.75) is 6.92 Å². The summed E-state index contributed by atoms with van der Waals surface area (Å²) in [6.07, 6.45) is 6.40. The number of nitrogens with zero attached hydrogens (tertiary/aromatic N) is 2. The largest absolute Gasteiger partial charge is 0.464 e. The number of hydrogen-bond donors (Lipinski definition) is 1. The van der Waals surface area contributed by atoms with Gasteiger partial charge in [-0.1, -0.05) is 6.07 Å². The van der Waals surface area contributed by atoms with E-state index in [0.717, 1.165) is 27.7 Å². The molecule has 1 aromatic carbocycles. The topological polar surface area (TPSA) is 91.2 Å². The number of carbonyl (C=O) groups excluding carboxylic acids is 1. The molecule has 6 heteroatoms. The summed E-state index contributed by atoms with van der Waals surface area (Å²) in [5.74, 6) is 0.642. The van der Waals surface area contributed by atoms with Crippen LogP contribution in [0.4, 0.5) is 0 Å². The SMILES string of the molecule is Cc1cc(Oc2nccc3occc23)ccc1-c1cncc(C(N)=O)c1. The Balaban J connectivity index is 1.67. The summed E-state index contributed by atoms with van der Waals surface area (Å²) in [5.41, 5.74) is 9.17. The van der Waals surface area contributed by atoms with Crippen molar-refractivity contribution in [3.8, 4) is 22.8 Å². The van der Waals surface area contributed by atoms with Crippen molar-refractivity contribution < 1.29 is 13.9 Å². The first-order valence-corrected chi connectivity index (χ1v) is 7.98. The summed E-state index contributed by atoms with van der Waals surface area (Å²) in [5, 5.41) is 0.813. The number of rotatable bonds is 4. The number of benzene rings is 1. The molecule has 0 radical (unpaired) electrons. The van der Waals surface area contributed by atoms with Crippen LogP contribution in [0.1, 0.15) is 15.9 Å². The Hall–Kier alpha value is -3.67. The van der Waals surface area contributed by atoms with Crippen molar-refractivity contribution in [2.24, 2.45) is 5.73 Å². The number of nitrogens with two attached hydrogens (primary N) is 1. The predicted molar refractivity (Wildman–Crippen MR) is 97.0 cm³/mol. The Morgan fingerprint density at radius 3 is 2.85 bits per heavy atom. The average Bonchev–Trinajstić information content (AvgIpc) is 3.12. The zero-order valence-electron chi connectivity index (χ0n) is 14.0. The van der Waals surface area contributed by atoms with Gasteiger partial charge < -0.3 is 14.9 Å². The molecule has 0 aliphatic rings. The van der Waals surface area contributed by atoms with Gasteiger partial charge in [-0.15, -0.1) is 0 Å². The monoisotopic (exact) mass is 345 g/mol. The van der Waals surface area contributed by atoms with Crippen molar-refractivity contribution in [2.75, 3.05) is 0 Å². The highest BCUT2D eigenvalue weighted by Gasteiger charge is 2.10. The van der Waals surface area contributed by atoms with Crippen LogP contribution in [0.15, 0.2) is 65.7 Å². The van der Waals surface area contributed by atoms with Gasteiger partial charge in [0.15, 0.2) is 0 Å². The summed E-state index contributed by atoms with van der Waals surface area (Å²) in [4.78, 5) is 19.7. The van der Waals surface area contributed by atoms with Crippen molar-refractivity contribution in [1.29, 1.82) is 0 Å². The fourth-order valence-electron chi connectivity index (χ4n) is 2.81. The number of fused-ring (bicyclic) bond motifs is 1. The van der Waals surface area contributed by atoms with E-state index in [2.05, 4.69) is 9.97 Å². The Bertz CT molecular complexity index is 1120. The first kappa shape index (κ1) is 15.8. The molecule has 0 bridgehead atoms. The standard InChI is InChI=1S/C20H15N3O3/c1-12-8-15(26-20-17-5-7-25-18(17)4-6-23-20)2-3-16(12)13-9-14(19(21)24)11-22-10-13/h2-11H,1H3,(H2,21,24). The summed E-state index contributed by atoms with van der Waals surface area (Å²) in [6, 6.07) is 11.0. The van der Waals surface area contributed by atoms with Gasteiger partial charge in [0.25, 0.3) is 0 Å². The molecule has 2 N–H and O–H groups in total. The van der Waals surface area contributed by atoms with Crippen molar-refractivity contribution in [1.82, 2.24) is 9.97 Å². The van der Waals surface area contributed by atoms with Crippen LogP contribution in [0.2, 0.25) is 0 Å². The van der Waals surface area contributed by atoms with Crippen LogP contribution < -0.4 is 10.5 Å². The van der Waals surface area contributed by atoms with E-state index in [4.69, 9.17) is 14.9 Å². The molecular weight excluding hydrogens is 330 g/mol. The molecule has 3 aromatic heterocycles. The number of pyridine rings is 2. The Morgan fingerprint density at radius 1 is 1.15 bits per heavy atom. The third-order valence-corrected chi connectivity index (χ3v) is 4.09. The molecule has 4 rings (SSSR count). The lowest BCUT2D eigenvalue weighted by molar-refractivity contribution is 0.1000. The van der Waals surface area contributed by atoms with Gasteiger partial charge in [0.1, 0.15) is 11.3 Å². The maximum atomic E-state index is 11.4.